The summed E-state index contributed by atoms with van der Waals surface area (Å²) in [6.45, 7) is 10.6. The highest BCUT2D eigenvalue weighted by Gasteiger charge is 2.21. The lowest BCUT2D eigenvalue weighted by Crippen LogP contribution is -2.18. The van der Waals surface area contributed by atoms with Crippen molar-refractivity contribution in [1.82, 2.24) is 15.1 Å². The molecule has 0 aliphatic carbocycles. The molecule has 0 aliphatic heterocycles. The summed E-state index contributed by atoms with van der Waals surface area (Å²) in [6.07, 6.45) is 2.12. The van der Waals surface area contributed by atoms with Crippen LogP contribution in [0.15, 0.2) is 18.3 Å². The number of aromatic nitrogens is 2. The number of nitrogens with zero attached hydrogens (tertiary/aromatic N) is 2. The quantitative estimate of drug-likeness (QED) is 0.928. The fraction of sp³-hybridized carbons (Fsp3) is 0.533. The number of hydrogen-bond acceptors (Lipinski definition) is 3. The summed E-state index contributed by atoms with van der Waals surface area (Å²) < 4.78 is 1.91. The number of thiophene rings is 1. The second-order valence-corrected chi connectivity index (χ2v) is 7.41. The van der Waals surface area contributed by atoms with Crippen molar-refractivity contribution >= 4 is 11.3 Å². The molecule has 1 N–H and O–H groups in total. The van der Waals surface area contributed by atoms with Crippen LogP contribution in [0.4, 0.5) is 0 Å². The first-order valence-corrected chi connectivity index (χ1v) is 7.47. The Hall–Kier alpha value is -1.13. The standard InChI is InChI=1S/C15H23N3S/c1-11-6-7-13(19-11)9-16-8-12-10-18(5)17-14(12)15(2,3)4/h6-7,10,16H,8-9H2,1-5H3. The van der Waals surface area contributed by atoms with Gasteiger partial charge in [0.2, 0.25) is 0 Å². The molecule has 0 spiro atoms. The molecular formula is C15H23N3S. The highest BCUT2D eigenvalue weighted by molar-refractivity contribution is 7.11. The first kappa shape index (κ1) is 14.3. The summed E-state index contributed by atoms with van der Waals surface area (Å²) in [7, 11) is 1.99. The minimum atomic E-state index is 0.0950. The predicted molar refractivity (Wildman–Crippen MR) is 81.5 cm³/mol. The van der Waals surface area contributed by atoms with Crippen molar-refractivity contribution < 1.29 is 0 Å². The zero-order valence-electron chi connectivity index (χ0n) is 12.4. The van der Waals surface area contributed by atoms with E-state index in [1.807, 2.05) is 23.1 Å². The summed E-state index contributed by atoms with van der Waals surface area (Å²) >= 11 is 1.85. The highest BCUT2D eigenvalue weighted by Crippen LogP contribution is 2.24. The van der Waals surface area contributed by atoms with Gasteiger partial charge in [-0.3, -0.25) is 4.68 Å². The molecule has 0 amide bonds. The summed E-state index contributed by atoms with van der Waals surface area (Å²) in [5, 5.41) is 8.11. The monoisotopic (exact) mass is 277 g/mol. The molecular weight excluding hydrogens is 254 g/mol. The molecule has 2 aromatic rings. The molecule has 2 aromatic heterocycles. The molecule has 0 aliphatic rings. The number of hydrogen-bond donors (Lipinski definition) is 1. The van der Waals surface area contributed by atoms with Crippen molar-refractivity contribution in [2.24, 2.45) is 7.05 Å². The van der Waals surface area contributed by atoms with Gasteiger partial charge < -0.3 is 5.32 Å². The van der Waals surface area contributed by atoms with Gasteiger partial charge in [0.1, 0.15) is 0 Å². The summed E-state index contributed by atoms with van der Waals surface area (Å²) in [4.78, 5) is 2.76. The lowest BCUT2D eigenvalue weighted by atomic mass is 9.89. The number of aryl methyl sites for hydroxylation is 2. The summed E-state index contributed by atoms with van der Waals surface area (Å²) in [5.41, 5.74) is 2.57. The minimum Gasteiger partial charge on any atom is -0.308 e. The molecule has 19 heavy (non-hydrogen) atoms. The van der Waals surface area contributed by atoms with Crippen LogP contribution in [-0.4, -0.2) is 9.78 Å². The maximum absolute atomic E-state index is 4.59. The van der Waals surface area contributed by atoms with E-state index in [4.69, 9.17) is 0 Å². The molecule has 0 atom stereocenters. The zero-order valence-corrected chi connectivity index (χ0v) is 13.3. The Labute approximate surface area is 119 Å². The van der Waals surface area contributed by atoms with Crippen molar-refractivity contribution in [3.63, 3.8) is 0 Å². The second-order valence-electron chi connectivity index (χ2n) is 6.04. The van der Waals surface area contributed by atoms with Crippen LogP contribution in [0.25, 0.3) is 0 Å². The molecule has 0 saturated heterocycles. The maximum Gasteiger partial charge on any atom is 0.0722 e. The van der Waals surface area contributed by atoms with Crippen LogP contribution in [0.2, 0.25) is 0 Å². The first-order chi connectivity index (χ1) is 8.86. The van der Waals surface area contributed by atoms with Crippen molar-refractivity contribution in [3.05, 3.63) is 39.3 Å². The topological polar surface area (TPSA) is 29.9 Å². The molecule has 2 rings (SSSR count). The van der Waals surface area contributed by atoms with Crippen LogP contribution in [-0.2, 0) is 25.6 Å². The Kier molecular flexibility index (Phi) is 4.11. The Bertz CT molecular complexity index is 546. The van der Waals surface area contributed by atoms with Crippen LogP contribution in [0.1, 0.15) is 41.8 Å². The average molecular weight is 277 g/mol. The lowest BCUT2D eigenvalue weighted by Gasteiger charge is -2.17. The molecule has 4 heteroatoms. The fourth-order valence-electron chi connectivity index (χ4n) is 2.20. The van der Waals surface area contributed by atoms with E-state index >= 15 is 0 Å². The molecule has 3 nitrogen and oxygen atoms in total. The van der Waals surface area contributed by atoms with E-state index in [1.165, 1.54) is 21.0 Å². The molecule has 0 fully saturated rings. The summed E-state index contributed by atoms with van der Waals surface area (Å²) in [5.74, 6) is 0. The second kappa shape index (κ2) is 5.47. The molecule has 0 unspecified atom stereocenters. The van der Waals surface area contributed by atoms with Gasteiger partial charge in [-0.2, -0.15) is 5.10 Å². The van der Waals surface area contributed by atoms with Gasteiger partial charge >= 0.3 is 0 Å². The highest BCUT2D eigenvalue weighted by atomic mass is 32.1. The summed E-state index contributed by atoms with van der Waals surface area (Å²) in [6, 6.07) is 4.37. The van der Waals surface area contributed by atoms with Gasteiger partial charge in [0.25, 0.3) is 0 Å². The SMILES string of the molecule is Cc1ccc(CNCc2cn(C)nc2C(C)(C)C)s1. The van der Waals surface area contributed by atoms with E-state index in [0.29, 0.717) is 0 Å². The van der Waals surface area contributed by atoms with Crippen LogP contribution in [0, 0.1) is 6.92 Å². The first-order valence-electron chi connectivity index (χ1n) is 6.65. The number of nitrogens with one attached hydrogen (secondary N) is 1. The van der Waals surface area contributed by atoms with E-state index < -0.39 is 0 Å². The Morgan fingerprint density at radius 1 is 1.26 bits per heavy atom. The van der Waals surface area contributed by atoms with Gasteiger partial charge in [-0.15, -0.1) is 11.3 Å². The maximum atomic E-state index is 4.59. The van der Waals surface area contributed by atoms with Gasteiger partial charge in [0.05, 0.1) is 5.69 Å². The van der Waals surface area contributed by atoms with Crippen LogP contribution in [0.3, 0.4) is 0 Å². The van der Waals surface area contributed by atoms with E-state index in [9.17, 15) is 0 Å². The van der Waals surface area contributed by atoms with Gasteiger partial charge in [-0.25, -0.2) is 0 Å². The van der Waals surface area contributed by atoms with Gasteiger partial charge in [0, 0.05) is 47.1 Å². The Morgan fingerprint density at radius 2 is 2.00 bits per heavy atom. The lowest BCUT2D eigenvalue weighted by molar-refractivity contribution is 0.543. The molecule has 2 heterocycles. The van der Waals surface area contributed by atoms with E-state index in [0.717, 1.165) is 13.1 Å². The van der Waals surface area contributed by atoms with Crippen molar-refractivity contribution in [3.8, 4) is 0 Å². The minimum absolute atomic E-state index is 0.0950. The molecule has 0 aromatic carbocycles. The predicted octanol–water partition coefficient (Wildman–Crippen LogP) is 3.38. The smallest absolute Gasteiger partial charge is 0.0722 e. The third kappa shape index (κ3) is 3.67. The molecule has 0 bridgehead atoms. The zero-order chi connectivity index (χ0) is 14.0. The van der Waals surface area contributed by atoms with Gasteiger partial charge in [-0.1, -0.05) is 20.8 Å². The van der Waals surface area contributed by atoms with Crippen molar-refractivity contribution in [2.45, 2.75) is 46.2 Å². The van der Waals surface area contributed by atoms with E-state index in [1.54, 1.807) is 0 Å². The molecule has 0 saturated carbocycles. The molecule has 0 radical (unpaired) electrons. The Balaban J connectivity index is 2.00. The van der Waals surface area contributed by atoms with Crippen LogP contribution < -0.4 is 5.32 Å². The van der Waals surface area contributed by atoms with Gasteiger partial charge in [-0.05, 0) is 19.1 Å². The van der Waals surface area contributed by atoms with Crippen molar-refractivity contribution in [1.29, 1.82) is 0 Å². The number of rotatable bonds is 4. The third-order valence-corrected chi connectivity index (χ3v) is 4.03. The normalized spacial score (nSPS) is 12.1. The van der Waals surface area contributed by atoms with Crippen molar-refractivity contribution in [2.75, 3.05) is 0 Å². The van der Waals surface area contributed by atoms with Crippen LogP contribution >= 0.6 is 11.3 Å². The van der Waals surface area contributed by atoms with E-state index in [2.05, 4.69) is 56.4 Å². The largest absolute Gasteiger partial charge is 0.308 e. The fourth-order valence-corrected chi connectivity index (χ4v) is 3.06. The Morgan fingerprint density at radius 3 is 2.58 bits per heavy atom. The third-order valence-electron chi connectivity index (χ3n) is 3.03. The average Bonchev–Trinajstić information content (AvgIpc) is 2.85. The van der Waals surface area contributed by atoms with E-state index in [-0.39, 0.29) is 5.41 Å². The van der Waals surface area contributed by atoms with Crippen LogP contribution in [0.5, 0.6) is 0 Å². The van der Waals surface area contributed by atoms with Gasteiger partial charge in [0.15, 0.2) is 0 Å². The molecule has 104 valence electrons.